The molecule has 0 atom stereocenters. The molecule has 0 aliphatic carbocycles. The van der Waals surface area contributed by atoms with Gasteiger partial charge in [-0.15, -0.1) is 0 Å². The first-order chi connectivity index (χ1) is 12.4. The smallest absolute Gasteiger partial charge is 0.174 e. The van der Waals surface area contributed by atoms with E-state index in [9.17, 15) is 4.39 Å². The fourth-order valence-corrected chi connectivity index (χ4v) is 2.83. The third kappa shape index (κ3) is 4.20. The second-order valence-corrected chi connectivity index (χ2v) is 6.63. The van der Waals surface area contributed by atoms with Crippen LogP contribution in [0.5, 0.6) is 0 Å². The van der Waals surface area contributed by atoms with Crippen LogP contribution < -0.4 is 5.32 Å². The van der Waals surface area contributed by atoms with Crippen molar-refractivity contribution in [2.45, 2.75) is 13.1 Å². The minimum Gasteiger partial charge on any atom is -0.346 e. The number of nitrogens with one attached hydrogen (secondary N) is 1. The van der Waals surface area contributed by atoms with Crippen LogP contribution in [0.2, 0.25) is 5.02 Å². The van der Waals surface area contributed by atoms with E-state index < -0.39 is 0 Å². The Morgan fingerprint density at radius 1 is 1.35 bits per heavy atom. The molecule has 26 heavy (non-hydrogen) atoms. The van der Waals surface area contributed by atoms with Crippen molar-refractivity contribution in [1.82, 2.24) is 24.5 Å². The van der Waals surface area contributed by atoms with Gasteiger partial charge in [-0.05, 0) is 30.4 Å². The molecule has 3 rings (SSSR count). The second kappa shape index (κ2) is 7.84. The molecule has 0 saturated carbocycles. The third-order valence-electron chi connectivity index (χ3n) is 3.93. The normalized spacial score (nSPS) is 10.8. The van der Waals surface area contributed by atoms with Crippen molar-refractivity contribution < 1.29 is 4.39 Å². The lowest BCUT2D eigenvalue weighted by molar-refractivity contribution is 0.482. The fourth-order valence-electron chi connectivity index (χ4n) is 2.44. The standard InChI is InChI=1S/C17H18ClFN6S/c1-23(10-12-6-8-20-24(12)2)17(26)21-16-7-9-25(22-16)11-13-14(18)4-3-5-15(13)19/h3-9H,10-11H2,1-2H3,(H,21,22,26). The van der Waals surface area contributed by atoms with Crippen LogP contribution in [0.3, 0.4) is 0 Å². The maximum absolute atomic E-state index is 13.9. The fraction of sp³-hybridized carbons (Fsp3) is 0.235. The Morgan fingerprint density at radius 3 is 2.85 bits per heavy atom. The summed E-state index contributed by atoms with van der Waals surface area (Å²) in [4.78, 5) is 1.89. The molecule has 0 amide bonds. The predicted molar refractivity (Wildman–Crippen MR) is 104 cm³/mol. The Bertz CT molecular complexity index is 901. The molecule has 0 bridgehead atoms. The molecule has 3 aromatic rings. The summed E-state index contributed by atoms with van der Waals surface area (Å²) < 4.78 is 17.3. The number of aryl methyl sites for hydroxylation is 1. The first-order valence-corrected chi connectivity index (χ1v) is 8.68. The van der Waals surface area contributed by atoms with Crippen molar-refractivity contribution in [1.29, 1.82) is 0 Å². The monoisotopic (exact) mass is 392 g/mol. The first kappa shape index (κ1) is 18.3. The van der Waals surface area contributed by atoms with E-state index in [2.05, 4.69) is 15.5 Å². The lowest BCUT2D eigenvalue weighted by atomic mass is 10.2. The van der Waals surface area contributed by atoms with Crippen LogP contribution in [0.1, 0.15) is 11.3 Å². The quantitative estimate of drug-likeness (QED) is 0.675. The molecular formula is C17H18ClFN6S. The molecule has 1 aromatic carbocycles. The third-order valence-corrected chi connectivity index (χ3v) is 4.69. The molecule has 0 aliphatic rings. The summed E-state index contributed by atoms with van der Waals surface area (Å²) in [6, 6.07) is 8.33. The number of thiocarbonyl (C=S) groups is 1. The highest BCUT2D eigenvalue weighted by Crippen LogP contribution is 2.20. The Balaban J connectivity index is 1.63. The number of aromatic nitrogens is 4. The zero-order valence-electron chi connectivity index (χ0n) is 14.4. The van der Waals surface area contributed by atoms with Crippen molar-refractivity contribution in [3.8, 4) is 0 Å². The minimum absolute atomic E-state index is 0.241. The molecule has 0 fully saturated rings. The van der Waals surface area contributed by atoms with Gasteiger partial charge < -0.3 is 10.2 Å². The van der Waals surface area contributed by atoms with Crippen molar-refractivity contribution in [3.63, 3.8) is 0 Å². The van der Waals surface area contributed by atoms with Crippen LogP contribution >= 0.6 is 23.8 Å². The Labute approximate surface area is 161 Å². The number of rotatable bonds is 5. The van der Waals surface area contributed by atoms with Crippen molar-refractivity contribution in [3.05, 3.63) is 64.8 Å². The lowest BCUT2D eigenvalue weighted by Gasteiger charge is -2.20. The highest BCUT2D eigenvalue weighted by Gasteiger charge is 2.11. The van der Waals surface area contributed by atoms with E-state index in [1.54, 1.807) is 40.0 Å². The van der Waals surface area contributed by atoms with Gasteiger partial charge in [-0.3, -0.25) is 9.36 Å². The molecule has 9 heteroatoms. The van der Waals surface area contributed by atoms with Gasteiger partial charge in [0.05, 0.1) is 18.8 Å². The zero-order chi connectivity index (χ0) is 18.7. The SMILES string of the molecule is CN(Cc1ccnn1C)C(=S)Nc1ccn(Cc2c(F)cccc2Cl)n1. The second-order valence-electron chi connectivity index (χ2n) is 5.83. The van der Waals surface area contributed by atoms with E-state index in [4.69, 9.17) is 23.8 Å². The van der Waals surface area contributed by atoms with Gasteiger partial charge in [0.15, 0.2) is 10.9 Å². The summed E-state index contributed by atoms with van der Waals surface area (Å²) in [5.41, 5.74) is 1.44. The summed E-state index contributed by atoms with van der Waals surface area (Å²) >= 11 is 11.5. The molecule has 136 valence electrons. The molecule has 0 saturated heterocycles. The van der Waals surface area contributed by atoms with Crippen LogP contribution in [0.15, 0.2) is 42.7 Å². The Hall–Kier alpha value is -2.45. The van der Waals surface area contributed by atoms with Gasteiger partial charge in [-0.2, -0.15) is 10.2 Å². The van der Waals surface area contributed by atoms with Crippen molar-refractivity contribution >= 4 is 34.7 Å². The number of hydrogen-bond donors (Lipinski definition) is 1. The van der Waals surface area contributed by atoms with Crippen LogP contribution in [0, 0.1) is 5.82 Å². The van der Waals surface area contributed by atoms with Crippen LogP contribution in [-0.4, -0.2) is 36.6 Å². The summed E-state index contributed by atoms with van der Waals surface area (Å²) in [5, 5.41) is 12.5. The molecule has 0 radical (unpaired) electrons. The molecule has 0 aliphatic heterocycles. The number of benzene rings is 1. The summed E-state index contributed by atoms with van der Waals surface area (Å²) in [7, 11) is 3.77. The first-order valence-electron chi connectivity index (χ1n) is 7.89. The maximum atomic E-state index is 13.9. The van der Waals surface area contributed by atoms with E-state index in [0.29, 0.717) is 28.1 Å². The molecule has 1 N–H and O–H groups in total. The van der Waals surface area contributed by atoms with Gasteiger partial charge in [-0.1, -0.05) is 17.7 Å². The van der Waals surface area contributed by atoms with Gasteiger partial charge in [0.1, 0.15) is 5.82 Å². The molecule has 2 heterocycles. The van der Waals surface area contributed by atoms with Crippen LogP contribution in [-0.2, 0) is 20.1 Å². The van der Waals surface area contributed by atoms with E-state index >= 15 is 0 Å². The largest absolute Gasteiger partial charge is 0.346 e. The average molecular weight is 393 g/mol. The van der Waals surface area contributed by atoms with Crippen LogP contribution in [0.4, 0.5) is 10.2 Å². The number of nitrogens with zero attached hydrogens (tertiary/aromatic N) is 5. The number of anilines is 1. The van der Waals surface area contributed by atoms with Crippen LogP contribution in [0.25, 0.3) is 0 Å². The predicted octanol–water partition coefficient (Wildman–Crippen LogP) is 3.29. The van der Waals surface area contributed by atoms with Gasteiger partial charge >= 0.3 is 0 Å². The average Bonchev–Trinajstić information content (AvgIpc) is 3.20. The Morgan fingerprint density at radius 2 is 2.15 bits per heavy atom. The summed E-state index contributed by atoms with van der Waals surface area (Å²) in [6.07, 6.45) is 3.49. The highest BCUT2D eigenvalue weighted by atomic mass is 35.5. The van der Waals surface area contributed by atoms with E-state index in [1.165, 1.54) is 6.07 Å². The Kier molecular flexibility index (Phi) is 5.53. The minimum atomic E-state index is -0.353. The molecule has 0 spiro atoms. The summed E-state index contributed by atoms with van der Waals surface area (Å²) in [5.74, 6) is 0.230. The molecule has 2 aromatic heterocycles. The van der Waals surface area contributed by atoms with E-state index in [1.807, 2.05) is 25.1 Å². The van der Waals surface area contributed by atoms with E-state index in [0.717, 1.165) is 5.69 Å². The van der Waals surface area contributed by atoms with E-state index in [-0.39, 0.29) is 12.4 Å². The maximum Gasteiger partial charge on any atom is 0.174 e. The van der Waals surface area contributed by atoms with Gasteiger partial charge in [0.2, 0.25) is 0 Å². The molecule has 6 nitrogen and oxygen atoms in total. The van der Waals surface area contributed by atoms with Gasteiger partial charge in [-0.25, -0.2) is 4.39 Å². The van der Waals surface area contributed by atoms with Gasteiger partial charge in [0, 0.05) is 43.1 Å². The van der Waals surface area contributed by atoms with Crippen molar-refractivity contribution in [2.75, 3.05) is 12.4 Å². The summed E-state index contributed by atoms with van der Waals surface area (Å²) in [6.45, 7) is 0.860. The lowest BCUT2D eigenvalue weighted by Crippen LogP contribution is -2.31. The molecule has 0 unspecified atom stereocenters. The number of halogens is 2. The molecular weight excluding hydrogens is 375 g/mol. The topological polar surface area (TPSA) is 50.9 Å². The zero-order valence-corrected chi connectivity index (χ0v) is 15.9. The number of hydrogen-bond acceptors (Lipinski definition) is 3. The van der Waals surface area contributed by atoms with Gasteiger partial charge in [0.25, 0.3) is 0 Å². The van der Waals surface area contributed by atoms with Crippen molar-refractivity contribution in [2.24, 2.45) is 7.05 Å². The highest BCUT2D eigenvalue weighted by molar-refractivity contribution is 7.80.